The molecule has 4 rings (SSSR count). The lowest BCUT2D eigenvalue weighted by Crippen LogP contribution is -2.25. The molecule has 4 aromatic rings. The molecule has 3 aromatic carbocycles. The van der Waals surface area contributed by atoms with Crippen molar-refractivity contribution in [1.82, 2.24) is 4.57 Å². The van der Waals surface area contributed by atoms with E-state index in [0.717, 1.165) is 22.1 Å². The third-order valence-electron chi connectivity index (χ3n) is 4.60. The third kappa shape index (κ3) is 3.36. The Morgan fingerprint density at radius 1 is 0.963 bits per heavy atom. The minimum Gasteiger partial charge on any atom is -0.493 e. The predicted octanol–water partition coefficient (Wildman–Crippen LogP) is 3.89. The first kappa shape index (κ1) is 17.1. The Morgan fingerprint density at radius 2 is 1.78 bits per heavy atom. The number of hydrogen-bond acceptors (Lipinski definition) is 4. The average molecular weight is 361 g/mol. The Bertz CT molecular complexity index is 1230. The lowest BCUT2D eigenvalue weighted by atomic mass is 10.1. The van der Waals surface area contributed by atoms with Gasteiger partial charge in [0.25, 0.3) is 0 Å². The maximum atomic E-state index is 12.1. The summed E-state index contributed by atoms with van der Waals surface area (Å²) in [5.74, 6) is 0.182. The molecule has 5 heteroatoms. The number of rotatable bonds is 5. The molecule has 0 N–H and O–H groups in total. The highest BCUT2D eigenvalue weighted by Crippen LogP contribution is 2.25. The van der Waals surface area contributed by atoms with Crippen molar-refractivity contribution in [2.24, 2.45) is 0 Å². The highest BCUT2D eigenvalue weighted by atomic mass is 16.5. The van der Waals surface area contributed by atoms with E-state index in [1.165, 1.54) is 4.57 Å². The van der Waals surface area contributed by atoms with Crippen molar-refractivity contribution in [1.29, 1.82) is 0 Å². The molecule has 1 aromatic heterocycles. The summed E-state index contributed by atoms with van der Waals surface area (Å²) in [5.41, 5.74) is 0.938. The normalized spacial score (nSPS) is 11.1. The molecule has 0 saturated carbocycles. The van der Waals surface area contributed by atoms with Crippen molar-refractivity contribution in [2.45, 2.75) is 19.9 Å². The molecule has 0 aliphatic carbocycles. The van der Waals surface area contributed by atoms with Gasteiger partial charge in [0.1, 0.15) is 5.75 Å². The smallest absolute Gasteiger partial charge is 0.422 e. The van der Waals surface area contributed by atoms with Crippen LogP contribution in [-0.2, 0) is 6.54 Å². The summed E-state index contributed by atoms with van der Waals surface area (Å²) >= 11 is 0. The van der Waals surface area contributed by atoms with Gasteiger partial charge >= 0.3 is 11.4 Å². The van der Waals surface area contributed by atoms with Crippen molar-refractivity contribution >= 4 is 21.7 Å². The Hall–Kier alpha value is -3.34. The molecule has 0 fully saturated rings. The summed E-state index contributed by atoms with van der Waals surface area (Å²) in [7, 11) is 0. The van der Waals surface area contributed by atoms with Crippen LogP contribution in [0, 0.1) is 6.92 Å². The lowest BCUT2D eigenvalue weighted by Gasteiger charge is -2.11. The van der Waals surface area contributed by atoms with Gasteiger partial charge < -0.3 is 9.15 Å². The number of benzene rings is 3. The summed E-state index contributed by atoms with van der Waals surface area (Å²) in [5, 5.41) is 2.60. The van der Waals surface area contributed by atoms with E-state index in [1.54, 1.807) is 12.1 Å². The van der Waals surface area contributed by atoms with Gasteiger partial charge in [-0.1, -0.05) is 48.0 Å². The predicted molar refractivity (Wildman–Crippen MR) is 106 cm³/mol. The van der Waals surface area contributed by atoms with Crippen molar-refractivity contribution in [2.75, 3.05) is 6.61 Å². The van der Waals surface area contributed by atoms with E-state index in [4.69, 9.17) is 9.15 Å². The topological polar surface area (TPSA) is 61.4 Å². The monoisotopic (exact) mass is 361 g/mol. The van der Waals surface area contributed by atoms with Gasteiger partial charge in [0.2, 0.25) is 0 Å². The van der Waals surface area contributed by atoms with Crippen molar-refractivity contribution in [3.63, 3.8) is 0 Å². The largest absolute Gasteiger partial charge is 0.493 e. The second-order valence-electron chi connectivity index (χ2n) is 6.51. The van der Waals surface area contributed by atoms with Gasteiger partial charge in [-0.25, -0.2) is 9.59 Å². The van der Waals surface area contributed by atoms with E-state index in [1.807, 2.05) is 55.5 Å². The molecule has 0 saturated heterocycles. The first-order valence-electron chi connectivity index (χ1n) is 8.88. The average Bonchev–Trinajstić information content (AvgIpc) is 2.67. The van der Waals surface area contributed by atoms with Crippen LogP contribution in [-0.4, -0.2) is 11.2 Å². The fraction of sp³-hybridized carbons (Fsp3) is 0.182. The van der Waals surface area contributed by atoms with Gasteiger partial charge in [0.05, 0.1) is 17.5 Å². The van der Waals surface area contributed by atoms with E-state index < -0.39 is 11.4 Å². The lowest BCUT2D eigenvalue weighted by molar-refractivity contribution is 0.299. The standard InChI is InChI=1S/C22H19NO4/c1-15-10-11-19-18(14-15)21(24)27-22(25)23(19)12-5-13-26-20-9-4-7-16-6-2-3-8-17(16)20/h2-4,6-11,14H,5,12-13H2,1H3. The molecular weight excluding hydrogens is 342 g/mol. The highest BCUT2D eigenvalue weighted by molar-refractivity contribution is 5.88. The molecule has 0 bridgehead atoms. The maximum absolute atomic E-state index is 12.1. The number of aryl methyl sites for hydroxylation is 2. The summed E-state index contributed by atoms with van der Waals surface area (Å²) in [4.78, 5) is 24.1. The molecule has 0 unspecified atom stereocenters. The van der Waals surface area contributed by atoms with E-state index in [0.29, 0.717) is 30.5 Å². The third-order valence-corrected chi connectivity index (χ3v) is 4.60. The summed E-state index contributed by atoms with van der Waals surface area (Å²) in [6, 6.07) is 19.4. The van der Waals surface area contributed by atoms with E-state index >= 15 is 0 Å². The zero-order chi connectivity index (χ0) is 18.8. The summed E-state index contributed by atoms with van der Waals surface area (Å²) in [6.07, 6.45) is 0.611. The fourth-order valence-corrected chi connectivity index (χ4v) is 3.27. The van der Waals surface area contributed by atoms with Gasteiger partial charge in [-0.05, 0) is 36.9 Å². The van der Waals surface area contributed by atoms with Crippen LogP contribution in [0.15, 0.2) is 74.7 Å². The van der Waals surface area contributed by atoms with Crippen LogP contribution in [0.25, 0.3) is 21.7 Å². The molecule has 0 aliphatic heterocycles. The number of nitrogens with zero attached hydrogens (tertiary/aromatic N) is 1. The molecule has 136 valence electrons. The van der Waals surface area contributed by atoms with Gasteiger partial charge in [-0.15, -0.1) is 0 Å². The number of hydrogen-bond donors (Lipinski definition) is 0. The zero-order valence-electron chi connectivity index (χ0n) is 15.0. The molecule has 0 atom stereocenters. The van der Waals surface area contributed by atoms with Crippen LogP contribution in [0.1, 0.15) is 12.0 Å². The SMILES string of the molecule is Cc1ccc2c(c1)c(=O)oc(=O)n2CCCOc1cccc2ccccc12. The Kier molecular flexibility index (Phi) is 4.50. The minimum atomic E-state index is -0.637. The van der Waals surface area contributed by atoms with Crippen molar-refractivity contribution in [3.8, 4) is 5.75 Å². The molecular formula is C22H19NO4. The molecule has 5 nitrogen and oxygen atoms in total. The van der Waals surface area contributed by atoms with E-state index in [2.05, 4.69) is 0 Å². The second-order valence-corrected chi connectivity index (χ2v) is 6.51. The first-order chi connectivity index (χ1) is 13.1. The molecule has 0 amide bonds. The highest BCUT2D eigenvalue weighted by Gasteiger charge is 2.09. The Morgan fingerprint density at radius 3 is 2.67 bits per heavy atom. The molecule has 0 aliphatic rings. The van der Waals surface area contributed by atoms with Crippen LogP contribution in [0.5, 0.6) is 5.75 Å². The Labute approximate surface area is 155 Å². The number of fused-ring (bicyclic) bond motifs is 2. The second kappa shape index (κ2) is 7.11. The van der Waals surface area contributed by atoms with E-state index in [-0.39, 0.29) is 0 Å². The minimum absolute atomic E-state index is 0.410. The van der Waals surface area contributed by atoms with Crippen molar-refractivity contribution < 1.29 is 9.15 Å². The van der Waals surface area contributed by atoms with Crippen LogP contribution in [0.3, 0.4) is 0 Å². The van der Waals surface area contributed by atoms with Crippen molar-refractivity contribution in [3.05, 3.63) is 87.2 Å². The van der Waals surface area contributed by atoms with Crippen LogP contribution in [0.2, 0.25) is 0 Å². The molecule has 27 heavy (non-hydrogen) atoms. The molecule has 0 radical (unpaired) electrons. The van der Waals surface area contributed by atoms with Gasteiger partial charge in [-0.2, -0.15) is 0 Å². The molecule has 1 heterocycles. The Balaban J connectivity index is 1.53. The van der Waals surface area contributed by atoms with E-state index in [9.17, 15) is 9.59 Å². The molecule has 0 spiro atoms. The first-order valence-corrected chi connectivity index (χ1v) is 8.88. The van der Waals surface area contributed by atoms with Gasteiger partial charge in [-0.3, -0.25) is 4.57 Å². The van der Waals surface area contributed by atoms with Gasteiger partial charge in [0, 0.05) is 11.9 Å². The number of aromatic nitrogens is 1. The summed E-state index contributed by atoms with van der Waals surface area (Å²) in [6.45, 7) is 2.76. The van der Waals surface area contributed by atoms with Crippen LogP contribution >= 0.6 is 0 Å². The van der Waals surface area contributed by atoms with Crippen LogP contribution < -0.4 is 16.1 Å². The van der Waals surface area contributed by atoms with Gasteiger partial charge in [0.15, 0.2) is 0 Å². The number of ether oxygens (including phenoxy) is 1. The fourth-order valence-electron chi connectivity index (χ4n) is 3.27. The quantitative estimate of drug-likeness (QED) is 0.506. The maximum Gasteiger partial charge on any atom is 0.422 e. The zero-order valence-corrected chi connectivity index (χ0v) is 15.0. The summed E-state index contributed by atoms with van der Waals surface area (Å²) < 4.78 is 12.3. The van der Waals surface area contributed by atoms with Crippen LogP contribution in [0.4, 0.5) is 0 Å².